The first-order valence-corrected chi connectivity index (χ1v) is 6.17. The van der Waals surface area contributed by atoms with Crippen LogP contribution < -0.4 is 0 Å². The van der Waals surface area contributed by atoms with Gasteiger partial charge in [0.1, 0.15) is 5.69 Å². The molecular formula is C13H13N5O. The average molecular weight is 255 g/mol. The molecule has 3 aromatic heterocycles. The molecule has 0 N–H and O–H groups in total. The molecule has 0 atom stereocenters. The molecule has 6 nitrogen and oxygen atoms in total. The largest absolute Gasteiger partial charge is 0.287 e. The molecule has 3 heterocycles. The second-order valence-electron chi connectivity index (χ2n) is 4.26. The number of hydrogen-bond acceptors (Lipinski definition) is 4. The molecule has 0 bridgehead atoms. The number of ketones is 1. The van der Waals surface area contributed by atoms with E-state index < -0.39 is 0 Å². The van der Waals surface area contributed by atoms with Crippen molar-refractivity contribution in [3.8, 4) is 0 Å². The van der Waals surface area contributed by atoms with Gasteiger partial charge in [0, 0.05) is 12.7 Å². The molecule has 0 aromatic carbocycles. The molecule has 0 aliphatic rings. The summed E-state index contributed by atoms with van der Waals surface area (Å²) in [6.07, 6.45) is 5.80. The normalized spacial score (nSPS) is 11.0. The lowest BCUT2D eigenvalue weighted by Crippen LogP contribution is -2.11. The van der Waals surface area contributed by atoms with Crippen LogP contribution >= 0.6 is 0 Å². The van der Waals surface area contributed by atoms with Crippen molar-refractivity contribution in [2.45, 2.75) is 19.9 Å². The van der Waals surface area contributed by atoms with Crippen molar-refractivity contribution in [1.29, 1.82) is 0 Å². The third kappa shape index (κ3) is 1.91. The molecule has 0 radical (unpaired) electrons. The number of rotatable bonds is 4. The van der Waals surface area contributed by atoms with E-state index in [1.807, 2.05) is 31.3 Å². The maximum Gasteiger partial charge on any atom is 0.216 e. The van der Waals surface area contributed by atoms with Crippen molar-refractivity contribution in [3.05, 3.63) is 48.0 Å². The van der Waals surface area contributed by atoms with Crippen LogP contribution in [-0.2, 0) is 6.54 Å². The molecule has 6 heteroatoms. The third-order valence-electron chi connectivity index (χ3n) is 2.96. The highest BCUT2D eigenvalue weighted by Crippen LogP contribution is 2.15. The van der Waals surface area contributed by atoms with Crippen molar-refractivity contribution in [3.63, 3.8) is 0 Å². The van der Waals surface area contributed by atoms with Gasteiger partial charge in [-0.15, -0.1) is 5.10 Å². The van der Waals surface area contributed by atoms with Crippen LogP contribution in [0.5, 0.6) is 0 Å². The standard InChI is InChI=1S/C13H13N5O/c1-2-6-18-12(9-14-16-18)13(19)10-8-15-17-7-4-3-5-11(10)17/h3-5,7-9H,2,6H2,1H3. The average Bonchev–Trinajstić information content (AvgIpc) is 3.04. The molecule has 0 spiro atoms. The highest BCUT2D eigenvalue weighted by Gasteiger charge is 2.18. The molecule has 3 aromatic rings. The first kappa shape index (κ1) is 11.6. The van der Waals surface area contributed by atoms with Crippen LogP contribution in [0.4, 0.5) is 0 Å². The number of aromatic nitrogens is 5. The highest BCUT2D eigenvalue weighted by atomic mass is 16.1. The monoisotopic (exact) mass is 255 g/mol. The summed E-state index contributed by atoms with van der Waals surface area (Å²) >= 11 is 0. The first-order chi connectivity index (χ1) is 9.31. The van der Waals surface area contributed by atoms with Crippen molar-refractivity contribution in [2.24, 2.45) is 0 Å². The summed E-state index contributed by atoms with van der Waals surface area (Å²) < 4.78 is 3.32. The van der Waals surface area contributed by atoms with Gasteiger partial charge >= 0.3 is 0 Å². The van der Waals surface area contributed by atoms with E-state index in [1.165, 1.54) is 6.20 Å². The minimum atomic E-state index is -0.0975. The lowest BCUT2D eigenvalue weighted by molar-refractivity contribution is 0.103. The van der Waals surface area contributed by atoms with E-state index in [4.69, 9.17) is 0 Å². The van der Waals surface area contributed by atoms with E-state index in [0.29, 0.717) is 17.8 Å². The Hall–Kier alpha value is -2.50. The number of nitrogens with zero attached hydrogens (tertiary/aromatic N) is 5. The van der Waals surface area contributed by atoms with Crippen molar-refractivity contribution < 1.29 is 4.79 Å². The second kappa shape index (κ2) is 4.64. The molecule has 0 aliphatic carbocycles. The molecule has 96 valence electrons. The highest BCUT2D eigenvalue weighted by molar-refractivity contribution is 6.11. The number of aryl methyl sites for hydroxylation is 1. The summed E-state index contributed by atoms with van der Waals surface area (Å²) in [6, 6.07) is 5.63. The van der Waals surface area contributed by atoms with Crippen LogP contribution in [0, 0.1) is 0 Å². The Balaban J connectivity index is 2.06. The van der Waals surface area contributed by atoms with Gasteiger partial charge in [-0.25, -0.2) is 9.20 Å². The van der Waals surface area contributed by atoms with E-state index in [1.54, 1.807) is 15.4 Å². The van der Waals surface area contributed by atoms with Crippen LogP contribution in [0.25, 0.3) is 5.52 Å². The van der Waals surface area contributed by atoms with Gasteiger partial charge in [-0.2, -0.15) is 5.10 Å². The number of carbonyl (C=O) groups is 1. The zero-order valence-electron chi connectivity index (χ0n) is 10.5. The first-order valence-electron chi connectivity index (χ1n) is 6.17. The molecule has 0 fully saturated rings. The Morgan fingerprint density at radius 1 is 1.32 bits per heavy atom. The lowest BCUT2D eigenvalue weighted by atomic mass is 10.1. The smallest absolute Gasteiger partial charge is 0.216 e. The number of fused-ring (bicyclic) bond motifs is 1. The van der Waals surface area contributed by atoms with Crippen molar-refractivity contribution in [1.82, 2.24) is 24.6 Å². The van der Waals surface area contributed by atoms with Gasteiger partial charge in [-0.05, 0) is 18.6 Å². The number of hydrogen-bond donors (Lipinski definition) is 0. The molecule has 0 aliphatic heterocycles. The van der Waals surface area contributed by atoms with Crippen molar-refractivity contribution in [2.75, 3.05) is 0 Å². The fourth-order valence-electron chi connectivity index (χ4n) is 2.06. The van der Waals surface area contributed by atoms with Gasteiger partial charge in [0.05, 0.1) is 23.5 Å². The maximum absolute atomic E-state index is 12.5. The van der Waals surface area contributed by atoms with Crippen LogP contribution in [0.15, 0.2) is 36.8 Å². The minimum Gasteiger partial charge on any atom is -0.287 e. The summed E-state index contributed by atoms with van der Waals surface area (Å²) in [7, 11) is 0. The van der Waals surface area contributed by atoms with Crippen molar-refractivity contribution >= 4 is 11.3 Å². The predicted octanol–water partition coefficient (Wildman–Crippen LogP) is 1.57. The van der Waals surface area contributed by atoms with E-state index in [9.17, 15) is 4.79 Å². The Kier molecular flexibility index (Phi) is 2.83. The summed E-state index contributed by atoms with van der Waals surface area (Å²) in [6.45, 7) is 2.71. The fraction of sp³-hybridized carbons (Fsp3) is 0.231. The SMILES string of the molecule is CCCn1nncc1C(=O)c1cnn2ccccc12. The molecule has 0 saturated carbocycles. The van der Waals surface area contributed by atoms with Crippen LogP contribution in [0.1, 0.15) is 29.4 Å². The Bertz CT molecular complexity index is 727. The summed E-state index contributed by atoms with van der Waals surface area (Å²) in [5.41, 5.74) is 1.86. The molecule has 0 saturated heterocycles. The summed E-state index contributed by atoms with van der Waals surface area (Å²) in [5.74, 6) is -0.0975. The second-order valence-corrected chi connectivity index (χ2v) is 4.26. The Morgan fingerprint density at radius 2 is 2.21 bits per heavy atom. The predicted molar refractivity (Wildman–Crippen MR) is 68.9 cm³/mol. The Morgan fingerprint density at radius 3 is 3.05 bits per heavy atom. The van der Waals surface area contributed by atoms with Gasteiger partial charge in [0.15, 0.2) is 0 Å². The molecule has 0 amide bonds. The minimum absolute atomic E-state index is 0.0975. The topological polar surface area (TPSA) is 65.1 Å². The molecular weight excluding hydrogens is 242 g/mol. The van der Waals surface area contributed by atoms with E-state index in [2.05, 4.69) is 15.4 Å². The molecule has 0 unspecified atom stereocenters. The maximum atomic E-state index is 12.5. The van der Waals surface area contributed by atoms with Crippen LogP contribution in [0.3, 0.4) is 0 Å². The lowest BCUT2D eigenvalue weighted by Gasteiger charge is -2.02. The quantitative estimate of drug-likeness (QED) is 0.664. The number of pyridine rings is 1. The zero-order chi connectivity index (χ0) is 13.2. The van der Waals surface area contributed by atoms with E-state index in [0.717, 1.165) is 11.9 Å². The van der Waals surface area contributed by atoms with Gasteiger partial charge in [-0.3, -0.25) is 4.79 Å². The summed E-state index contributed by atoms with van der Waals surface area (Å²) in [5, 5.41) is 11.9. The zero-order valence-corrected chi connectivity index (χ0v) is 10.5. The van der Waals surface area contributed by atoms with Gasteiger partial charge in [-0.1, -0.05) is 18.2 Å². The van der Waals surface area contributed by atoms with Gasteiger partial charge in [0.25, 0.3) is 0 Å². The van der Waals surface area contributed by atoms with Crippen LogP contribution in [0.2, 0.25) is 0 Å². The number of carbonyl (C=O) groups excluding carboxylic acids is 1. The fourth-order valence-corrected chi connectivity index (χ4v) is 2.06. The van der Waals surface area contributed by atoms with Gasteiger partial charge < -0.3 is 0 Å². The molecule has 19 heavy (non-hydrogen) atoms. The molecule has 3 rings (SSSR count). The third-order valence-corrected chi connectivity index (χ3v) is 2.96. The van der Waals surface area contributed by atoms with E-state index >= 15 is 0 Å². The van der Waals surface area contributed by atoms with Crippen LogP contribution in [-0.4, -0.2) is 30.4 Å². The summed E-state index contributed by atoms with van der Waals surface area (Å²) in [4.78, 5) is 12.5. The van der Waals surface area contributed by atoms with E-state index in [-0.39, 0.29) is 5.78 Å². The Labute approximate surface area is 109 Å². The van der Waals surface area contributed by atoms with Gasteiger partial charge in [0.2, 0.25) is 5.78 Å².